The van der Waals surface area contributed by atoms with Crippen LogP contribution in [0.15, 0.2) is 12.1 Å². The molecule has 0 radical (unpaired) electrons. The lowest BCUT2D eigenvalue weighted by Gasteiger charge is -2.24. The van der Waals surface area contributed by atoms with Crippen molar-refractivity contribution in [2.75, 3.05) is 6.54 Å². The first-order chi connectivity index (χ1) is 11.9. The van der Waals surface area contributed by atoms with Gasteiger partial charge in [-0.2, -0.15) is 5.10 Å². The largest absolute Gasteiger partial charge is 0.365 e. The summed E-state index contributed by atoms with van der Waals surface area (Å²) in [5.74, 6) is -0.242. The fourth-order valence-electron chi connectivity index (χ4n) is 3.58. The number of amides is 2. The maximum absolute atomic E-state index is 12.8. The molecule has 2 aromatic heterocycles. The summed E-state index contributed by atoms with van der Waals surface area (Å²) in [6, 6.07) is 3.75. The number of carbonyl (C=O) groups is 2. The lowest BCUT2D eigenvalue weighted by Crippen LogP contribution is -2.30. The van der Waals surface area contributed by atoms with Crippen molar-refractivity contribution in [1.82, 2.24) is 14.7 Å². The molecule has 2 aromatic rings. The van der Waals surface area contributed by atoms with Crippen LogP contribution in [0.3, 0.4) is 0 Å². The van der Waals surface area contributed by atoms with Gasteiger partial charge in [0.05, 0.1) is 16.6 Å². The van der Waals surface area contributed by atoms with Gasteiger partial charge in [-0.25, -0.2) is 0 Å². The van der Waals surface area contributed by atoms with Crippen molar-refractivity contribution in [3.8, 4) is 0 Å². The predicted molar refractivity (Wildman–Crippen MR) is 97.5 cm³/mol. The Morgan fingerprint density at radius 2 is 2.12 bits per heavy atom. The molecule has 134 valence electrons. The normalized spacial score (nSPS) is 17.2. The number of rotatable bonds is 5. The summed E-state index contributed by atoms with van der Waals surface area (Å²) >= 11 is 1.40. The van der Waals surface area contributed by atoms with Crippen LogP contribution in [0.25, 0.3) is 0 Å². The van der Waals surface area contributed by atoms with Gasteiger partial charge in [0.25, 0.3) is 5.91 Å². The number of carbonyl (C=O) groups excluding carboxylic acids is 2. The summed E-state index contributed by atoms with van der Waals surface area (Å²) in [6.45, 7) is 4.80. The number of nitrogens with zero attached hydrogens (tertiary/aromatic N) is 3. The van der Waals surface area contributed by atoms with Crippen LogP contribution in [0, 0.1) is 13.8 Å². The number of hydrogen-bond acceptors (Lipinski definition) is 4. The van der Waals surface area contributed by atoms with Gasteiger partial charge in [0, 0.05) is 30.6 Å². The molecule has 2 N–H and O–H groups in total. The van der Waals surface area contributed by atoms with Gasteiger partial charge in [-0.05, 0) is 50.8 Å². The van der Waals surface area contributed by atoms with Crippen LogP contribution in [0.2, 0.25) is 0 Å². The Morgan fingerprint density at radius 1 is 1.36 bits per heavy atom. The monoisotopic (exact) mass is 360 g/mol. The van der Waals surface area contributed by atoms with Gasteiger partial charge in [0.2, 0.25) is 5.91 Å². The second-order valence-corrected chi connectivity index (χ2v) is 7.70. The van der Waals surface area contributed by atoms with Crippen LogP contribution >= 0.6 is 11.3 Å². The Bertz CT molecular complexity index is 808. The topological polar surface area (TPSA) is 81.2 Å². The van der Waals surface area contributed by atoms with E-state index in [1.54, 1.807) is 6.07 Å². The molecule has 0 unspecified atom stereocenters. The first kappa shape index (κ1) is 17.7. The van der Waals surface area contributed by atoms with E-state index in [-0.39, 0.29) is 11.9 Å². The number of likely N-dealkylation sites (tertiary alicyclic amines) is 1. The molecule has 1 aliphatic heterocycles. The number of hydrogen-bond donors (Lipinski definition) is 1. The third-order valence-electron chi connectivity index (χ3n) is 5.02. The molecule has 2 amide bonds. The van der Waals surface area contributed by atoms with Gasteiger partial charge >= 0.3 is 0 Å². The molecule has 0 bridgehead atoms. The van der Waals surface area contributed by atoms with Crippen molar-refractivity contribution < 1.29 is 9.59 Å². The molecule has 0 aliphatic carbocycles. The number of thiophene rings is 1. The molecular formula is C18H24N4O2S. The van der Waals surface area contributed by atoms with Crippen molar-refractivity contribution in [2.45, 2.75) is 45.6 Å². The quantitative estimate of drug-likeness (QED) is 0.889. The third-order valence-corrected chi connectivity index (χ3v) is 6.22. The first-order valence-electron chi connectivity index (χ1n) is 8.56. The summed E-state index contributed by atoms with van der Waals surface area (Å²) in [5, 5.41) is 4.42. The van der Waals surface area contributed by atoms with E-state index in [2.05, 4.69) is 5.10 Å². The van der Waals surface area contributed by atoms with E-state index in [4.69, 9.17) is 5.73 Å². The highest BCUT2D eigenvalue weighted by molar-refractivity contribution is 7.14. The minimum absolute atomic E-state index is 0.0710. The summed E-state index contributed by atoms with van der Waals surface area (Å²) < 4.78 is 1.87. The first-order valence-corrected chi connectivity index (χ1v) is 9.38. The standard InChI is InChI=1S/C18H24N4O2S/c1-11-13(12(2)21(3)20-11)6-9-17(23)22-10-4-5-14(22)15-7-8-16(25-15)18(19)24/h7-8,14H,4-6,9-10H2,1-3H3,(H2,19,24)/t14-/m0/s1. The smallest absolute Gasteiger partial charge is 0.258 e. The van der Waals surface area contributed by atoms with Crippen LogP contribution in [0.1, 0.15) is 56.8 Å². The van der Waals surface area contributed by atoms with Crippen LogP contribution < -0.4 is 5.73 Å². The highest BCUT2D eigenvalue weighted by Crippen LogP contribution is 2.36. The van der Waals surface area contributed by atoms with Crippen LogP contribution in [-0.2, 0) is 18.3 Å². The molecule has 3 rings (SSSR count). The van der Waals surface area contributed by atoms with E-state index in [0.29, 0.717) is 17.7 Å². The highest BCUT2D eigenvalue weighted by atomic mass is 32.1. The summed E-state index contributed by atoms with van der Waals surface area (Å²) in [7, 11) is 1.93. The van der Waals surface area contributed by atoms with Crippen LogP contribution in [0.4, 0.5) is 0 Å². The van der Waals surface area contributed by atoms with E-state index >= 15 is 0 Å². The Morgan fingerprint density at radius 3 is 2.72 bits per heavy atom. The zero-order valence-electron chi connectivity index (χ0n) is 14.9. The molecule has 1 atom stereocenters. The molecule has 7 heteroatoms. The van der Waals surface area contributed by atoms with Crippen molar-refractivity contribution >= 4 is 23.2 Å². The number of aryl methyl sites for hydroxylation is 2. The summed E-state index contributed by atoms with van der Waals surface area (Å²) in [4.78, 5) is 27.7. The fraction of sp³-hybridized carbons (Fsp3) is 0.500. The number of nitrogens with two attached hydrogens (primary N) is 1. The van der Waals surface area contributed by atoms with Gasteiger partial charge in [-0.3, -0.25) is 14.3 Å². The van der Waals surface area contributed by atoms with E-state index in [0.717, 1.165) is 35.7 Å². The molecule has 3 heterocycles. The maximum atomic E-state index is 12.8. The van der Waals surface area contributed by atoms with E-state index in [9.17, 15) is 9.59 Å². The van der Waals surface area contributed by atoms with Crippen molar-refractivity contribution in [3.63, 3.8) is 0 Å². The molecule has 0 saturated carbocycles. The molecule has 1 saturated heterocycles. The van der Waals surface area contributed by atoms with Crippen molar-refractivity contribution in [2.24, 2.45) is 12.8 Å². The Hall–Kier alpha value is -2.15. The third kappa shape index (κ3) is 3.46. The summed E-state index contributed by atoms with van der Waals surface area (Å²) in [5.41, 5.74) is 8.62. The second kappa shape index (κ2) is 7.00. The molecule has 25 heavy (non-hydrogen) atoms. The van der Waals surface area contributed by atoms with Gasteiger partial charge in [0.15, 0.2) is 0 Å². The van der Waals surface area contributed by atoms with Crippen molar-refractivity contribution in [1.29, 1.82) is 0 Å². The van der Waals surface area contributed by atoms with Gasteiger partial charge < -0.3 is 10.6 Å². The van der Waals surface area contributed by atoms with Crippen molar-refractivity contribution in [3.05, 3.63) is 38.8 Å². The lowest BCUT2D eigenvalue weighted by atomic mass is 10.1. The summed E-state index contributed by atoms with van der Waals surface area (Å²) in [6.07, 6.45) is 3.13. The molecular weight excluding hydrogens is 336 g/mol. The maximum Gasteiger partial charge on any atom is 0.258 e. The zero-order valence-corrected chi connectivity index (χ0v) is 15.7. The average molecular weight is 360 g/mol. The van der Waals surface area contributed by atoms with Crippen LogP contribution in [-0.4, -0.2) is 33.0 Å². The Kier molecular flexibility index (Phi) is 4.94. The Labute approximate surface area is 151 Å². The predicted octanol–water partition coefficient (Wildman–Crippen LogP) is 2.49. The van der Waals surface area contributed by atoms with Gasteiger partial charge in [-0.15, -0.1) is 11.3 Å². The van der Waals surface area contributed by atoms with E-state index < -0.39 is 5.91 Å². The zero-order chi connectivity index (χ0) is 18.1. The molecule has 0 aromatic carbocycles. The second-order valence-electron chi connectivity index (χ2n) is 6.58. The van der Waals surface area contributed by atoms with Gasteiger partial charge in [-0.1, -0.05) is 0 Å². The van der Waals surface area contributed by atoms with Crippen LogP contribution in [0.5, 0.6) is 0 Å². The molecule has 1 aliphatic rings. The van der Waals surface area contributed by atoms with E-state index in [1.165, 1.54) is 16.9 Å². The minimum Gasteiger partial charge on any atom is -0.365 e. The number of primary amides is 1. The van der Waals surface area contributed by atoms with E-state index in [1.807, 2.05) is 36.5 Å². The molecule has 6 nitrogen and oxygen atoms in total. The SMILES string of the molecule is Cc1nn(C)c(C)c1CCC(=O)N1CCC[C@H]1c1ccc(C(N)=O)s1. The van der Waals surface area contributed by atoms with Gasteiger partial charge in [0.1, 0.15) is 0 Å². The molecule has 0 spiro atoms. The molecule has 1 fully saturated rings. The fourth-order valence-corrected chi connectivity index (χ4v) is 4.59. The number of aromatic nitrogens is 2. The Balaban J connectivity index is 1.69. The lowest BCUT2D eigenvalue weighted by molar-refractivity contribution is -0.132. The average Bonchev–Trinajstić information content (AvgIpc) is 3.26. The minimum atomic E-state index is -0.408. The highest BCUT2D eigenvalue weighted by Gasteiger charge is 2.31.